The standard InChI is InChI=1S/C9H14O4/c1-7(10)3-9-11-4-8(2,5-12-9)6-13-9/h3-6H2,1-2H3. The first-order valence-electron chi connectivity index (χ1n) is 4.45. The molecular weight excluding hydrogens is 172 g/mol. The molecule has 4 heteroatoms. The highest BCUT2D eigenvalue weighted by molar-refractivity contribution is 5.76. The summed E-state index contributed by atoms with van der Waals surface area (Å²) in [4.78, 5) is 10.9. The molecule has 0 amide bonds. The van der Waals surface area contributed by atoms with E-state index < -0.39 is 5.97 Å². The lowest BCUT2D eigenvalue weighted by Gasteiger charge is -2.50. The van der Waals surface area contributed by atoms with Crippen molar-refractivity contribution in [2.45, 2.75) is 26.2 Å². The molecule has 0 aromatic heterocycles. The second-order valence-corrected chi connectivity index (χ2v) is 4.24. The third kappa shape index (κ3) is 1.61. The largest absolute Gasteiger partial charge is 0.326 e. The van der Waals surface area contributed by atoms with Crippen LogP contribution in [0.5, 0.6) is 0 Å². The second kappa shape index (κ2) is 2.77. The van der Waals surface area contributed by atoms with Gasteiger partial charge in [0.25, 0.3) is 5.97 Å². The number of ether oxygens (including phenoxy) is 3. The van der Waals surface area contributed by atoms with Crippen LogP contribution in [0.4, 0.5) is 0 Å². The van der Waals surface area contributed by atoms with Gasteiger partial charge in [-0.15, -0.1) is 0 Å². The van der Waals surface area contributed by atoms with E-state index in [1.807, 2.05) is 6.92 Å². The minimum atomic E-state index is -1.07. The molecule has 0 aromatic rings. The molecular formula is C9H14O4. The van der Waals surface area contributed by atoms with E-state index in [0.29, 0.717) is 19.8 Å². The number of ketones is 1. The smallest absolute Gasteiger partial charge is 0.290 e. The van der Waals surface area contributed by atoms with E-state index in [2.05, 4.69) is 0 Å². The van der Waals surface area contributed by atoms with Crippen LogP contribution in [0.2, 0.25) is 0 Å². The van der Waals surface area contributed by atoms with E-state index in [1.165, 1.54) is 6.92 Å². The van der Waals surface area contributed by atoms with Crippen LogP contribution < -0.4 is 0 Å². The molecule has 0 unspecified atom stereocenters. The number of carbonyl (C=O) groups is 1. The van der Waals surface area contributed by atoms with Crippen molar-refractivity contribution in [2.24, 2.45) is 5.41 Å². The van der Waals surface area contributed by atoms with Gasteiger partial charge in [-0.3, -0.25) is 4.79 Å². The lowest BCUT2D eigenvalue weighted by atomic mass is 9.91. The van der Waals surface area contributed by atoms with Crippen LogP contribution in [-0.2, 0) is 19.0 Å². The highest BCUT2D eigenvalue weighted by Gasteiger charge is 2.50. The number of hydrogen-bond acceptors (Lipinski definition) is 4. The Morgan fingerprint density at radius 1 is 1.23 bits per heavy atom. The fourth-order valence-electron chi connectivity index (χ4n) is 1.56. The van der Waals surface area contributed by atoms with Crippen molar-refractivity contribution in [3.8, 4) is 0 Å². The summed E-state index contributed by atoms with van der Waals surface area (Å²) in [7, 11) is 0. The Bertz CT molecular complexity index is 211. The van der Waals surface area contributed by atoms with Crippen molar-refractivity contribution < 1.29 is 19.0 Å². The van der Waals surface area contributed by atoms with Crippen molar-refractivity contribution >= 4 is 5.78 Å². The molecule has 3 aliphatic heterocycles. The average Bonchev–Trinajstić information content (AvgIpc) is 2.07. The molecule has 3 fully saturated rings. The summed E-state index contributed by atoms with van der Waals surface area (Å²) in [5, 5.41) is 0. The quantitative estimate of drug-likeness (QED) is 0.637. The first-order chi connectivity index (χ1) is 6.04. The van der Waals surface area contributed by atoms with Crippen LogP contribution in [0.1, 0.15) is 20.3 Å². The molecule has 0 N–H and O–H groups in total. The van der Waals surface area contributed by atoms with Gasteiger partial charge in [0, 0.05) is 5.41 Å². The van der Waals surface area contributed by atoms with Crippen molar-refractivity contribution in [3.05, 3.63) is 0 Å². The summed E-state index contributed by atoms with van der Waals surface area (Å²) in [5.74, 6) is -1.05. The van der Waals surface area contributed by atoms with E-state index in [9.17, 15) is 4.79 Å². The number of rotatable bonds is 2. The number of hydrogen-bond donors (Lipinski definition) is 0. The Balaban J connectivity index is 2.07. The van der Waals surface area contributed by atoms with Gasteiger partial charge in [0.1, 0.15) is 5.78 Å². The summed E-state index contributed by atoms with van der Waals surface area (Å²) in [6.45, 7) is 5.39. The molecule has 3 rings (SSSR count). The maximum atomic E-state index is 10.9. The number of carbonyl (C=O) groups excluding carboxylic acids is 1. The van der Waals surface area contributed by atoms with E-state index in [4.69, 9.17) is 14.2 Å². The minimum absolute atomic E-state index is 0.0190. The zero-order valence-electron chi connectivity index (χ0n) is 7.96. The van der Waals surface area contributed by atoms with Gasteiger partial charge < -0.3 is 14.2 Å². The third-order valence-corrected chi connectivity index (χ3v) is 2.39. The summed E-state index contributed by atoms with van der Waals surface area (Å²) >= 11 is 0. The van der Waals surface area contributed by atoms with Gasteiger partial charge >= 0.3 is 0 Å². The van der Waals surface area contributed by atoms with Crippen molar-refractivity contribution in [1.29, 1.82) is 0 Å². The molecule has 3 aliphatic rings. The molecule has 0 radical (unpaired) electrons. The predicted molar refractivity (Wildman–Crippen MR) is 44.0 cm³/mol. The zero-order valence-corrected chi connectivity index (χ0v) is 7.96. The van der Waals surface area contributed by atoms with Crippen molar-refractivity contribution in [2.75, 3.05) is 19.8 Å². The van der Waals surface area contributed by atoms with E-state index in [0.717, 1.165) is 0 Å². The molecule has 74 valence electrons. The van der Waals surface area contributed by atoms with Gasteiger partial charge in [-0.05, 0) is 6.92 Å². The second-order valence-electron chi connectivity index (χ2n) is 4.24. The third-order valence-electron chi connectivity index (χ3n) is 2.39. The topological polar surface area (TPSA) is 44.8 Å². The molecule has 0 aliphatic carbocycles. The van der Waals surface area contributed by atoms with Gasteiger partial charge in [0.05, 0.1) is 26.2 Å². The van der Waals surface area contributed by atoms with E-state index in [-0.39, 0.29) is 17.6 Å². The Hall–Kier alpha value is -0.450. The summed E-state index contributed by atoms with van der Waals surface area (Å²) < 4.78 is 16.2. The monoisotopic (exact) mass is 186 g/mol. The highest BCUT2D eigenvalue weighted by Crippen LogP contribution is 2.39. The van der Waals surface area contributed by atoms with Crippen LogP contribution in [-0.4, -0.2) is 31.6 Å². The zero-order chi connectivity index (χ0) is 9.53. The van der Waals surface area contributed by atoms with Crippen LogP contribution >= 0.6 is 0 Å². The van der Waals surface area contributed by atoms with Crippen LogP contribution in [0.25, 0.3) is 0 Å². The van der Waals surface area contributed by atoms with Gasteiger partial charge in [-0.25, -0.2) is 0 Å². The number of Topliss-reactive ketones (excluding diaryl/α,β-unsaturated/α-hetero) is 1. The SMILES string of the molecule is CC(=O)CC12OCC(C)(CO1)CO2. The van der Waals surface area contributed by atoms with Gasteiger partial charge in [-0.2, -0.15) is 0 Å². The molecule has 3 heterocycles. The Morgan fingerprint density at radius 3 is 2.08 bits per heavy atom. The molecule has 2 bridgehead atoms. The molecule has 4 nitrogen and oxygen atoms in total. The summed E-state index contributed by atoms with van der Waals surface area (Å²) in [6.07, 6.45) is 0.184. The van der Waals surface area contributed by atoms with Gasteiger partial charge in [0.2, 0.25) is 0 Å². The Kier molecular flexibility index (Phi) is 1.94. The molecule has 0 atom stereocenters. The van der Waals surface area contributed by atoms with Crippen molar-refractivity contribution in [1.82, 2.24) is 0 Å². The van der Waals surface area contributed by atoms with E-state index in [1.54, 1.807) is 0 Å². The number of fused-ring (bicyclic) bond motifs is 3. The first kappa shape index (κ1) is 9.12. The Morgan fingerprint density at radius 2 is 1.69 bits per heavy atom. The lowest BCUT2D eigenvalue weighted by Crippen LogP contribution is -2.59. The fourth-order valence-corrected chi connectivity index (χ4v) is 1.56. The average molecular weight is 186 g/mol. The minimum Gasteiger partial charge on any atom is -0.326 e. The van der Waals surface area contributed by atoms with Crippen LogP contribution in [0.3, 0.4) is 0 Å². The maximum absolute atomic E-state index is 10.9. The first-order valence-corrected chi connectivity index (χ1v) is 4.45. The van der Waals surface area contributed by atoms with Crippen molar-refractivity contribution in [3.63, 3.8) is 0 Å². The molecule has 3 saturated heterocycles. The Labute approximate surface area is 77.1 Å². The molecule has 0 spiro atoms. The maximum Gasteiger partial charge on any atom is 0.290 e. The molecule has 13 heavy (non-hydrogen) atoms. The van der Waals surface area contributed by atoms with Gasteiger partial charge in [-0.1, -0.05) is 6.92 Å². The lowest BCUT2D eigenvalue weighted by molar-refractivity contribution is -0.463. The van der Waals surface area contributed by atoms with Gasteiger partial charge in [0.15, 0.2) is 0 Å². The highest BCUT2D eigenvalue weighted by atomic mass is 16.9. The normalized spacial score (nSPS) is 43.5. The van der Waals surface area contributed by atoms with Crippen LogP contribution in [0, 0.1) is 5.41 Å². The molecule has 0 aromatic carbocycles. The fraction of sp³-hybridized carbons (Fsp3) is 0.889. The summed E-state index contributed by atoms with van der Waals surface area (Å²) in [5.41, 5.74) is -0.0292. The molecule has 0 saturated carbocycles. The summed E-state index contributed by atoms with van der Waals surface area (Å²) in [6, 6.07) is 0. The van der Waals surface area contributed by atoms with E-state index >= 15 is 0 Å². The predicted octanol–water partition coefficient (Wildman–Crippen LogP) is 0.703. The van der Waals surface area contributed by atoms with Crippen LogP contribution in [0.15, 0.2) is 0 Å².